The fourth-order valence-electron chi connectivity index (χ4n) is 7.05. The van der Waals surface area contributed by atoms with E-state index >= 15 is 0 Å². The molecule has 2 aromatic rings. The van der Waals surface area contributed by atoms with Crippen LogP contribution in [0.3, 0.4) is 0 Å². The Morgan fingerprint density at radius 2 is 1.06 bits per heavy atom. The van der Waals surface area contributed by atoms with Crippen molar-refractivity contribution in [3.05, 3.63) is 69.3 Å². The van der Waals surface area contributed by atoms with Crippen molar-refractivity contribution in [2.75, 3.05) is 9.80 Å². The van der Waals surface area contributed by atoms with Gasteiger partial charge in [-0.2, -0.15) is 0 Å². The molecule has 1 aliphatic heterocycles. The van der Waals surface area contributed by atoms with Crippen LogP contribution in [0.15, 0.2) is 35.9 Å². The number of hydrogen-bond acceptors (Lipinski definition) is 2. The molecule has 1 saturated carbocycles. The van der Waals surface area contributed by atoms with E-state index in [0.717, 1.165) is 46.5 Å². The zero-order valence-corrected chi connectivity index (χ0v) is 23.2. The van der Waals surface area contributed by atoms with Gasteiger partial charge in [-0.15, -0.1) is 0 Å². The van der Waals surface area contributed by atoms with Crippen molar-refractivity contribution in [2.45, 2.75) is 93.2 Å². The summed E-state index contributed by atoms with van der Waals surface area (Å²) in [5, 5.41) is 0. The lowest BCUT2D eigenvalue weighted by atomic mass is 9.80. The Balaban J connectivity index is 1.79. The molecular weight excluding hydrogens is 444 g/mol. The van der Waals surface area contributed by atoms with Crippen LogP contribution in [0.1, 0.15) is 79.3 Å². The molecule has 3 aliphatic rings. The van der Waals surface area contributed by atoms with Gasteiger partial charge < -0.3 is 0 Å². The summed E-state index contributed by atoms with van der Waals surface area (Å²) in [6.07, 6.45) is 8.16. The molecule has 36 heavy (non-hydrogen) atoms. The average molecular weight is 485 g/mol. The summed E-state index contributed by atoms with van der Waals surface area (Å²) < 4.78 is 0. The zero-order valence-electron chi connectivity index (χ0n) is 23.2. The predicted octanol–water partition coefficient (Wildman–Crippen LogP) is 7.16. The standard InChI is InChI=1S/C32H40N2O2/c1-19-14-21(3)27(22(4)15-19)33-29(35)31(7,8)30(36)34(28-23(5)16-20(2)17-24(28)6)32(33)18-26(32)25-12-10-9-11-13-25/h14-18,25H,9-13H2,1-8H3. The number of anilines is 2. The Labute approximate surface area is 216 Å². The molecule has 2 fully saturated rings. The number of aryl methyl sites for hydroxylation is 6. The van der Waals surface area contributed by atoms with E-state index in [0.29, 0.717) is 5.92 Å². The molecule has 0 radical (unpaired) electrons. The lowest BCUT2D eigenvalue weighted by Crippen LogP contribution is -2.70. The molecule has 0 aromatic heterocycles. The highest BCUT2D eigenvalue weighted by atomic mass is 16.2. The Bertz CT molecular complexity index is 1180. The summed E-state index contributed by atoms with van der Waals surface area (Å²) in [5.74, 6) is 0.189. The molecule has 1 saturated heterocycles. The highest BCUT2D eigenvalue weighted by Crippen LogP contribution is 2.59. The maximum atomic E-state index is 14.4. The number of carbonyl (C=O) groups excluding carboxylic acids is 2. The van der Waals surface area contributed by atoms with Crippen molar-refractivity contribution in [2.24, 2.45) is 11.3 Å². The minimum Gasteiger partial charge on any atom is -0.279 e. The molecule has 1 spiro atoms. The van der Waals surface area contributed by atoms with E-state index in [9.17, 15) is 9.59 Å². The van der Waals surface area contributed by atoms with E-state index in [1.807, 2.05) is 9.80 Å². The second-order valence-corrected chi connectivity index (χ2v) is 12.1. The molecule has 2 aliphatic carbocycles. The van der Waals surface area contributed by atoms with Gasteiger partial charge in [0.25, 0.3) is 0 Å². The maximum absolute atomic E-state index is 14.4. The van der Waals surface area contributed by atoms with Gasteiger partial charge in [0.15, 0.2) is 5.66 Å². The molecule has 4 nitrogen and oxygen atoms in total. The summed E-state index contributed by atoms with van der Waals surface area (Å²) in [6.45, 7) is 16.2. The maximum Gasteiger partial charge on any atom is 0.244 e. The van der Waals surface area contributed by atoms with Gasteiger partial charge >= 0.3 is 0 Å². The van der Waals surface area contributed by atoms with Gasteiger partial charge in [-0.05, 0) is 108 Å². The largest absolute Gasteiger partial charge is 0.279 e. The van der Waals surface area contributed by atoms with Crippen molar-refractivity contribution in [3.63, 3.8) is 0 Å². The summed E-state index contributed by atoms with van der Waals surface area (Å²) in [5.41, 5.74) is 7.78. The number of carbonyl (C=O) groups is 2. The third kappa shape index (κ3) is 3.48. The van der Waals surface area contributed by atoms with Crippen molar-refractivity contribution in [3.8, 4) is 0 Å². The van der Waals surface area contributed by atoms with Crippen LogP contribution in [0.2, 0.25) is 0 Å². The quantitative estimate of drug-likeness (QED) is 0.343. The van der Waals surface area contributed by atoms with E-state index in [4.69, 9.17) is 0 Å². The summed E-state index contributed by atoms with van der Waals surface area (Å²) in [4.78, 5) is 32.8. The van der Waals surface area contributed by atoms with Crippen LogP contribution in [-0.2, 0) is 9.59 Å². The van der Waals surface area contributed by atoms with Gasteiger partial charge in [-0.3, -0.25) is 19.4 Å². The van der Waals surface area contributed by atoms with E-state index in [1.54, 1.807) is 13.8 Å². The van der Waals surface area contributed by atoms with Gasteiger partial charge in [-0.25, -0.2) is 0 Å². The van der Waals surface area contributed by atoms with Crippen molar-refractivity contribution < 1.29 is 9.59 Å². The first-order valence-corrected chi connectivity index (χ1v) is 13.5. The third-order valence-electron chi connectivity index (χ3n) is 8.62. The fourth-order valence-corrected chi connectivity index (χ4v) is 7.05. The van der Waals surface area contributed by atoms with Gasteiger partial charge in [-0.1, -0.05) is 54.7 Å². The van der Waals surface area contributed by atoms with Crippen LogP contribution in [0, 0.1) is 52.9 Å². The summed E-state index contributed by atoms with van der Waals surface area (Å²) in [7, 11) is 0. The van der Waals surface area contributed by atoms with Gasteiger partial charge in [0.05, 0.1) is 11.4 Å². The van der Waals surface area contributed by atoms with E-state index < -0.39 is 11.1 Å². The molecule has 5 rings (SSSR count). The Morgan fingerprint density at radius 3 is 1.44 bits per heavy atom. The average Bonchev–Trinajstić information content (AvgIpc) is 3.53. The van der Waals surface area contributed by atoms with Crippen molar-refractivity contribution in [1.82, 2.24) is 0 Å². The summed E-state index contributed by atoms with van der Waals surface area (Å²) >= 11 is 0. The molecule has 0 N–H and O–H groups in total. The van der Waals surface area contributed by atoms with E-state index in [-0.39, 0.29) is 11.8 Å². The number of hydrogen-bond donors (Lipinski definition) is 0. The zero-order chi connectivity index (χ0) is 26.2. The van der Waals surface area contributed by atoms with Crippen LogP contribution in [-0.4, -0.2) is 17.5 Å². The first-order chi connectivity index (χ1) is 16.9. The second kappa shape index (κ2) is 8.33. The normalized spacial score (nSPS) is 21.3. The first-order valence-electron chi connectivity index (χ1n) is 13.5. The topological polar surface area (TPSA) is 40.6 Å². The Kier molecular flexibility index (Phi) is 5.74. The third-order valence-corrected chi connectivity index (χ3v) is 8.62. The highest BCUT2D eigenvalue weighted by molar-refractivity contribution is 6.23. The molecule has 2 amide bonds. The number of rotatable bonds is 3. The minimum absolute atomic E-state index is 0.108. The minimum atomic E-state index is -1.17. The number of nitrogens with zero attached hydrogens (tertiary/aromatic N) is 2. The molecule has 0 atom stereocenters. The first kappa shape index (κ1) is 24.8. The van der Waals surface area contributed by atoms with Crippen LogP contribution < -0.4 is 9.80 Å². The number of benzene rings is 2. The van der Waals surface area contributed by atoms with E-state index in [1.165, 1.54) is 36.0 Å². The second-order valence-electron chi connectivity index (χ2n) is 12.1. The van der Waals surface area contributed by atoms with Crippen molar-refractivity contribution >= 4 is 23.2 Å². The van der Waals surface area contributed by atoms with Gasteiger partial charge in [0.2, 0.25) is 11.8 Å². The van der Waals surface area contributed by atoms with E-state index in [2.05, 4.69) is 71.9 Å². The monoisotopic (exact) mass is 484 g/mol. The molecule has 2 aromatic carbocycles. The molecule has 1 heterocycles. The number of amides is 2. The van der Waals surface area contributed by atoms with Gasteiger partial charge in [0.1, 0.15) is 5.41 Å². The molecule has 0 bridgehead atoms. The molecule has 0 unspecified atom stereocenters. The van der Waals surface area contributed by atoms with Crippen LogP contribution >= 0.6 is 0 Å². The highest BCUT2D eigenvalue weighted by Gasteiger charge is 2.68. The van der Waals surface area contributed by atoms with Crippen molar-refractivity contribution in [1.29, 1.82) is 0 Å². The molecule has 190 valence electrons. The van der Waals surface area contributed by atoms with Crippen LogP contribution in [0.4, 0.5) is 11.4 Å². The SMILES string of the molecule is Cc1cc(C)c(N2C(=O)C(C)(C)C(=O)N(c3c(C)cc(C)cc3C)C23C=C3C2CCCCC2)c(C)c1. The van der Waals surface area contributed by atoms with Crippen LogP contribution in [0.5, 0.6) is 0 Å². The smallest absolute Gasteiger partial charge is 0.244 e. The van der Waals surface area contributed by atoms with Crippen LogP contribution in [0.25, 0.3) is 0 Å². The fraction of sp³-hybridized carbons (Fsp3) is 0.500. The molecule has 4 heteroatoms. The lowest BCUT2D eigenvalue weighted by Gasteiger charge is -2.52. The predicted molar refractivity (Wildman–Crippen MR) is 147 cm³/mol. The molecular formula is C32H40N2O2. The van der Waals surface area contributed by atoms with Gasteiger partial charge in [0, 0.05) is 0 Å². The Hall–Kier alpha value is -2.88. The summed E-state index contributed by atoms with van der Waals surface area (Å²) in [6, 6.07) is 8.62. The lowest BCUT2D eigenvalue weighted by molar-refractivity contribution is -0.141. The Morgan fingerprint density at radius 1 is 0.667 bits per heavy atom.